The van der Waals surface area contributed by atoms with E-state index in [4.69, 9.17) is 14.3 Å². The summed E-state index contributed by atoms with van der Waals surface area (Å²) in [5.74, 6) is 2.43. The Bertz CT molecular complexity index is 796. The fraction of sp³-hybridized carbons (Fsp3) is 0.450. The smallest absolute Gasteiger partial charge is 0.190 e. The summed E-state index contributed by atoms with van der Waals surface area (Å²) in [5.41, 5.74) is 2.24. The van der Waals surface area contributed by atoms with Crippen molar-refractivity contribution < 1.29 is 9.15 Å². The molecule has 2 atom stereocenters. The normalized spacial score (nSPS) is 26.0. The molecule has 25 heavy (non-hydrogen) atoms. The highest BCUT2D eigenvalue weighted by Crippen LogP contribution is 2.47. The van der Waals surface area contributed by atoms with Crippen molar-refractivity contribution in [1.29, 1.82) is 0 Å². The Morgan fingerprint density at radius 1 is 1.12 bits per heavy atom. The fourth-order valence-electron chi connectivity index (χ4n) is 4.41. The lowest BCUT2D eigenvalue weighted by molar-refractivity contribution is -0.0644. The minimum Gasteiger partial charge on any atom is -0.468 e. The van der Waals surface area contributed by atoms with Crippen molar-refractivity contribution in [1.82, 2.24) is 5.01 Å². The molecule has 0 radical (unpaired) electrons. The van der Waals surface area contributed by atoms with Crippen molar-refractivity contribution >= 4 is 21.6 Å². The maximum atomic E-state index is 6.47. The molecular formula is C20H21BrN2O2. The van der Waals surface area contributed by atoms with Gasteiger partial charge in [-0.2, -0.15) is 5.10 Å². The predicted octanol–water partition coefficient (Wildman–Crippen LogP) is 5.49. The second kappa shape index (κ2) is 6.20. The van der Waals surface area contributed by atoms with E-state index < -0.39 is 0 Å². The number of ether oxygens (including phenoxy) is 1. The van der Waals surface area contributed by atoms with Gasteiger partial charge in [-0.25, -0.2) is 5.01 Å². The zero-order chi connectivity index (χ0) is 16.8. The Labute approximate surface area is 156 Å². The zero-order valence-corrected chi connectivity index (χ0v) is 15.6. The second-order valence-electron chi connectivity index (χ2n) is 7.21. The Hall–Kier alpha value is -1.75. The van der Waals surface area contributed by atoms with Crippen LogP contribution >= 0.6 is 15.9 Å². The summed E-state index contributed by atoms with van der Waals surface area (Å²) >= 11 is 3.60. The van der Waals surface area contributed by atoms with Gasteiger partial charge in [0.15, 0.2) is 6.23 Å². The summed E-state index contributed by atoms with van der Waals surface area (Å²) in [7, 11) is 0. The molecule has 1 saturated carbocycles. The van der Waals surface area contributed by atoms with E-state index in [-0.39, 0.29) is 12.3 Å². The summed E-state index contributed by atoms with van der Waals surface area (Å²) in [6, 6.07) is 10.5. The maximum absolute atomic E-state index is 6.47. The van der Waals surface area contributed by atoms with Crippen molar-refractivity contribution in [3.05, 3.63) is 52.4 Å². The molecule has 0 amide bonds. The SMILES string of the molecule is Brc1ccc2c(c1)[C@@H]1CC(c3ccco3)=NN1[C@@H](C1CCCCC1)O2. The van der Waals surface area contributed by atoms with Crippen molar-refractivity contribution in [2.24, 2.45) is 11.0 Å². The molecule has 3 aliphatic rings. The first-order valence-electron chi connectivity index (χ1n) is 9.15. The highest BCUT2D eigenvalue weighted by Gasteiger charge is 2.44. The van der Waals surface area contributed by atoms with Gasteiger partial charge in [-0.15, -0.1) is 0 Å². The molecule has 0 unspecified atom stereocenters. The van der Waals surface area contributed by atoms with E-state index in [0.29, 0.717) is 5.92 Å². The molecule has 0 bridgehead atoms. The average Bonchev–Trinajstić information content (AvgIpc) is 3.31. The van der Waals surface area contributed by atoms with E-state index in [1.807, 2.05) is 12.1 Å². The lowest BCUT2D eigenvalue weighted by Gasteiger charge is -2.42. The average molecular weight is 401 g/mol. The van der Waals surface area contributed by atoms with Crippen LogP contribution in [0.15, 0.2) is 50.6 Å². The van der Waals surface area contributed by atoms with Gasteiger partial charge in [0, 0.05) is 22.4 Å². The van der Waals surface area contributed by atoms with Crippen LogP contribution in [-0.4, -0.2) is 16.9 Å². The molecule has 2 aromatic rings. The van der Waals surface area contributed by atoms with Crippen LogP contribution < -0.4 is 4.74 Å². The van der Waals surface area contributed by atoms with Crippen molar-refractivity contribution in [3.63, 3.8) is 0 Å². The Morgan fingerprint density at radius 3 is 2.80 bits per heavy atom. The van der Waals surface area contributed by atoms with E-state index in [0.717, 1.165) is 28.1 Å². The van der Waals surface area contributed by atoms with Crippen LogP contribution in [0.5, 0.6) is 5.75 Å². The number of rotatable bonds is 2. The predicted molar refractivity (Wildman–Crippen MR) is 99.6 cm³/mol. The maximum Gasteiger partial charge on any atom is 0.190 e. The van der Waals surface area contributed by atoms with Crippen molar-refractivity contribution in [2.75, 3.05) is 0 Å². The van der Waals surface area contributed by atoms with Crippen molar-refractivity contribution in [2.45, 2.75) is 50.8 Å². The quantitative estimate of drug-likeness (QED) is 0.668. The van der Waals surface area contributed by atoms with Crippen LogP contribution in [0.25, 0.3) is 0 Å². The molecule has 0 spiro atoms. The third-order valence-electron chi connectivity index (χ3n) is 5.64. The van der Waals surface area contributed by atoms with Crippen LogP contribution in [0, 0.1) is 5.92 Å². The fourth-order valence-corrected chi connectivity index (χ4v) is 4.79. The van der Waals surface area contributed by atoms with Gasteiger partial charge in [0.05, 0.1) is 12.3 Å². The summed E-state index contributed by atoms with van der Waals surface area (Å²) < 4.78 is 13.2. The Balaban J connectivity index is 1.55. The Kier molecular flexibility index (Phi) is 3.85. The van der Waals surface area contributed by atoms with Gasteiger partial charge in [0.2, 0.25) is 0 Å². The molecule has 0 N–H and O–H groups in total. The monoisotopic (exact) mass is 400 g/mol. The third kappa shape index (κ3) is 2.69. The number of halogens is 1. The molecule has 4 nitrogen and oxygen atoms in total. The largest absolute Gasteiger partial charge is 0.468 e. The van der Waals surface area contributed by atoms with Gasteiger partial charge in [-0.1, -0.05) is 35.2 Å². The van der Waals surface area contributed by atoms with Crippen LogP contribution in [0.4, 0.5) is 0 Å². The highest BCUT2D eigenvalue weighted by molar-refractivity contribution is 9.10. The van der Waals surface area contributed by atoms with E-state index in [1.54, 1.807) is 6.26 Å². The second-order valence-corrected chi connectivity index (χ2v) is 8.13. The lowest BCUT2D eigenvalue weighted by atomic mass is 9.86. The van der Waals surface area contributed by atoms with E-state index >= 15 is 0 Å². The molecular weight excluding hydrogens is 380 g/mol. The van der Waals surface area contributed by atoms with Crippen LogP contribution in [0.3, 0.4) is 0 Å². The molecule has 2 aliphatic heterocycles. The molecule has 1 aliphatic carbocycles. The zero-order valence-electron chi connectivity index (χ0n) is 14.0. The summed E-state index contributed by atoms with van der Waals surface area (Å²) in [4.78, 5) is 0. The number of hydrogen-bond donors (Lipinski definition) is 0. The van der Waals surface area contributed by atoms with Gasteiger partial charge < -0.3 is 9.15 Å². The molecule has 0 saturated heterocycles. The van der Waals surface area contributed by atoms with Crippen LogP contribution in [-0.2, 0) is 0 Å². The van der Waals surface area contributed by atoms with E-state index in [9.17, 15) is 0 Å². The topological polar surface area (TPSA) is 38.0 Å². The van der Waals surface area contributed by atoms with Gasteiger partial charge in [-0.3, -0.25) is 0 Å². The molecule has 5 rings (SSSR count). The van der Waals surface area contributed by atoms with E-state index in [1.165, 1.54) is 37.7 Å². The number of hydrazone groups is 1. The first kappa shape index (κ1) is 15.5. The minimum absolute atomic E-state index is 0.0337. The van der Waals surface area contributed by atoms with Crippen molar-refractivity contribution in [3.8, 4) is 5.75 Å². The van der Waals surface area contributed by atoms with Crippen LogP contribution in [0.2, 0.25) is 0 Å². The molecule has 1 aromatic heterocycles. The van der Waals surface area contributed by atoms with Gasteiger partial charge in [-0.05, 0) is 43.2 Å². The number of benzene rings is 1. The number of fused-ring (bicyclic) bond motifs is 3. The standard InChI is InChI=1S/C20H21BrN2O2/c21-14-8-9-18-15(11-14)17-12-16(19-7-4-10-24-19)22-23(17)20(25-18)13-5-2-1-3-6-13/h4,7-11,13,17,20H,1-3,5-6,12H2/t17-,20+/m0/s1. The molecule has 3 heterocycles. The highest BCUT2D eigenvalue weighted by atomic mass is 79.9. The first-order valence-corrected chi connectivity index (χ1v) is 9.95. The Morgan fingerprint density at radius 2 is 2.00 bits per heavy atom. The van der Waals surface area contributed by atoms with Gasteiger partial charge in [0.25, 0.3) is 0 Å². The van der Waals surface area contributed by atoms with Gasteiger partial charge in [0.1, 0.15) is 17.2 Å². The van der Waals surface area contributed by atoms with Crippen LogP contribution in [0.1, 0.15) is 55.9 Å². The van der Waals surface area contributed by atoms with E-state index in [2.05, 4.69) is 39.1 Å². The first-order chi connectivity index (χ1) is 12.3. The molecule has 1 fully saturated rings. The minimum atomic E-state index is 0.0337. The molecule has 1 aromatic carbocycles. The number of nitrogens with zero attached hydrogens (tertiary/aromatic N) is 2. The number of furan rings is 1. The third-order valence-corrected chi connectivity index (χ3v) is 6.13. The molecule has 130 valence electrons. The van der Waals surface area contributed by atoms with Gasteiger partial charge >= 0.3 is 0 Å². The summed E-state index contributed by atoms with van der Waals surface area (Å²) in [6.45, 7) is 0. The molecule has 5 heteroatoms. The number of hydrogen-bond acceptors (Lipinski definition) is 4. The lowest BCUT2D eigenvalue weighted by Crippen LogP contribution is -2.45. The summed E-state index contributed by atoms with van der Waals surface area (Å²) in [6.07, 6.45) is 9.01. The summed E-state index contributed by atoms with van der Waals surface area (Å²) in [5, 5.41) is 7.16.